The summed E-state index contributed by atoms with van der Waals surface area (Å²) in [4.78, 5) is 62.7. The lowest BCUT2D eigenvalue weighted by Gasteiger charge is -2.49. The van der Waals surface area contributed by atoms with Crippen LogP contribution in [0.15, 0.2) is 65.5 Å². The number of piperidine rings is 2. The van der Waals surface area contributed by atoms with Gasteiger partial charge in [0.05, 0.1) is 21.6 Å². The third-order valence-electron chi connectivity index (χ3n) is 13.4. The highest BCUT2D eigenvalue weighted by Crippen LogP contribution is 2.46. The number of carbonyl (C=O) groups is 3. The number of piperazine rings is 1. The molecule has 5 fully saturated rings. The number of anilines is 3. The molecule has 0 saturated carbocycles. The molecule has 0 aliphatic carbocycles. The first-order chi connectivity index (χ1) is 27.5. The highest BCUT2D eigenvalue weighted by Gasteiger charge is 2.44. The molecule has 4 aromatic rings. The van der Waals surface area contributed by atoms with E-state index in [1.807, 2.05) is 53.4 Å². The van der Waals surface area contributed by atoms with Gasteiger partial charge >= 0.3 is 5.69 Å². The van der Waals surface area contributed by atoms with Gasteiger partial charge in [0.25, 0.3) is 5.91 Å². The number of amides is 3. The van der Waals surface area contributed by atoms with Gasteiger partial charge in [-0.05, 0) is 98.7 Å². The number of hydrogen-bond donors (Lipinski definition) is 1. The zero-order valence-corrected chi connectivity index (χ0v) is 33.2. The minimum atomic E-state index is -0.700. The van der Waals surface area contributed by atoms with E-state index >= 15 is 0 Å². The van der Waals surface area contributed by atoms with Crippen LogP contribution in [0.4, 0.5) is 17.1 Å². The van der Waals surface area contributed by atoms with Crippen molar-refractivity contribution in [1.82, 2.24) is 24.3 Å². The number of carbonyl (C=O) groups excluding carboxylic acids is 3. The van der Waals surface area contributed by atoms with E-state index in [9.17, 15) is 24.4 Å². The molecule has 296 valence electrons. The van der Waals surface area contributed by atoms with Crippen molar-refractivity contribution < 1.29 is 14.4 Å². The average Bonchev–Trinajstić information content (AvgIpc) is 3.65. The first-order valence-electron chi connectivity index (χ1n) is 20.2. The summed E-state index contributed by atoms with van der Waals surface area (Å²) in [6, 6.07) is 22.1. The van der Waals surface area contributed by atoms with E-state index in [1.54, 1.807) is 11.6 Å². The van der Waals surface area contributed by atoms with Crippen molar-refractivity contribution in [2.75, 3.05) is 73.6 Å². The number of imide groups is 1. The predicted octanol–water partition coefficient (Wildman–Crippen LogP) is 4.37. The number of hydrogen-bond acceptors (Lipinski definition) is 9. The first kappa shape index (κ1) is 37.3. The van der Waals surface area contributed by atoms with Crippen molar-refractivity contribution in [3.63, 3.8) is 0 Å². The molecule has 3 aromatic carbocycles. The Kier molecular flexibility index (Phi) is 9.52. The number of fused-ring (bicyclic) bond motifs is 1. The Balaban J connectivity index is 0.754. The number of nitrogens with zero attached hydrogens (tertiary/aromatic N) is 8. The number of aromatic nitrogens is 2. The molecule has 9 rings (SSSR count). The fraction of sp³-hybridized carbons (Fsp3) is 0.465. The molecule has 1 spiro atoms. The van der Waals surface area contributed by atoms with Gasteiger partial charge in [-0.3, -0.25) is 33.7 Å². The number of nitriles is 1. The Hall–Kier alpha value is -5.32. The highest BCUT2D eigenvalue weighted by atomic mass is 35.5. The van der Waals surface area contributed by atoms with Gasteiger partial charge in [0.15, 0.2) is 0 Å². The maximum atomic E-state index is 13.6. The van der Waals surface area contributed by atoms with Crippen LogP contribution in [-0.4, -0.2) is 108 Å². The number of aryl methyl sites for hydroxylation is 1. The van der Waals surface area contributed by atoms with Crippen LogP contribution in [0.1, 0.15) is 61.0 Å². The zero-order chi connectivity index (χ0) is 39.6. The quantitative estimate of drug-likeness (QED) is 0.283. The number of halogens is 1. The Morgan fingerprint density at radius 1 is 0.860 bits per heavy atom. The molecule has 6 heterocycles. The third-order valence-corrected chi connectivity index (χ3v) is 13.7. The van der Waals surface area contributed by atoms with E-state index in [4.69, 9.17) is 11.6 Å². The molecule has 1 aromatic heterocycles. The van der Waals surface area contributed by atoms with Crippen molar-refractivity contribution in [3.8, 4) is 6.07 Å². The van der Waals surface area contributed by atoms with Gasteiger partial charge in [0.1, 0.15) is 12.1 Å². The lowest BCUT2D eigenvalue weighted by Crippen LogP contribution is -2.63. The maximum Gasteiger partial charge on any atom is 0.329 e. The second-order valence-corrected chi connectivity index (χ2v) is 17.1. The molecule has 57 heavy (non-hydrogen) atoms. The lowest BCUT2D eigenvalue weighted by atomic mass is 9.76. The molecule has 3 amide bonds. The average molecular weight is 790 g/mol. The number of nitrogens with one attached hydrogen (secondary N) is 1. The summed E-state index contributed by atoms with van der Waals surface area (Å²) < 4.78 is 3.09. The molecule has 1 unspecified atom stereocenters. The van der Waals surface area contributed by atoms with Gasteiger partial charge in [0, 0.05) is 107 Å². The molecule has 5 saturated heterocycles. The van der Waals surface area contributed by atoms with Gasteiger partial charge in [-0.1, -0.05) is 11.6 Å². The molecule has 5 aliphatic heterocycles. The molecule has 14 heteroatoms. The summed E-state index contributed by atoms with van der Waals surface area (Å²) in [6.07, 6.45) is 3.88. The van der Waals surface area contributed by atoms with E-state index in [0.29, 0.717) is 47.7 Å². The second-order valence-electron chi connectivity index (χ2n) is 16.7. The fourth-order valence-electron chi connectivity index (χ4n) is 10.0. The normalized spacial score (nSPS) is 22.9. The van der Waals surface area contributed by atoms with E-state index in [1.165, 1.54) is 4.57 Å². The fourth-order valence-corrected chi connectivity index (χ4v) is 10.2. The summed E-state index contributed by atoms with van der Waals surface area (Å²) >= 11 is 6.38. The maximum absolute atomic E-state index is 13.6. The summed E-state index contributed by atoms with van der Waals surface area (Å²) in [5.41, 5.74) is 5.96. The standard InChI is InChI=1S/C43H48ClN9O4/c1-28-23-43(27-52(28)33-8-5-30(24-45)35(44)21-33)13-15-48(16-14-43)31-6-3-29(4-7-31)41(56)50-19-17-49(18-20-50)34-25-51(26-34)32-9-10-36-38(22-32)47(2)42(57)53(36)37-11-12-39(54)46-40(37)55/h3-10,21-22,28,34,37H,11-20,23,25-27H2,1-2H3,(H,46,54,55)/t28-,37?/m0/s1. The molecular weight excluding hydrogens is 742 g/mol. The predicted molar refractivity (Wildman–Crippen MR) is 220 cm³/mol. The Morgan fingerprint density at radius 2 is 1.56 bits per heavy atom. The van der Waals surface area contributed by atoms with Crippen LogP contribution in [0.5, 0.6) is 0 Å². The Labute approximate surface area is 336 Å². The molecule has 5 aliphatic rings. The van der Waals surface area contributed by atoms with E-state index in [2.05, 4.69) is 50.0 Å². The van der Waals surface area contributed by atoms with E-state index in [0.717, 1.165) is 93.2 Å². The van der Waals surface area contributed by atoms with Crippen molar-refractivity contribution in [2.45, 2.75) is 57.2 Å². The summed E-state index contributed by atoms with van der Waals surface area (Å²) in [5, 5.41) is 12.2. The molecule has 13 nitrogen and oxygen atoms in total. The van der Waals surface area contributed by atoms with E-state index < -0.39 is 11.9 Å². The molecule has 0 radical (unpaired) electrons. The molecule has 0 bridgehead atoms. The highest BCUT2D eigenvalue weighted by molar-refractivity contribution is 6.32. The zero-order valence-electron chi connectivity index (χ0n) is 32.5. The van der Waals surface area contributed by atoms with Crippen molar-refractivity contribution >= 4 is 57.4 Å². The summed E-state index contributed by atoms with van der Waals surface area (Å²) in [5.74, 6) is -0.653. The van der Waals surface area contributed by atoms with E-state index in [-0.39, 0.29) is 29.3 Å². The number of imidazole rings is 1. The first-order valence-corrected chi connectivity index (χ1v) is 20.5. The van der Waals surface area contributed by atoms with Gasteiger partial charge in [-0.15, -0.1) is 0 Å². The van der Waals surface area contributed by atoms with Gasteiger partial charge in [-0.25, -0.2) is 4.79 Å². The minimum absolute atomic E-state index is 0.0835. The molecule has 2 atom stereocenters. The SMILES string of the molecule is C[C@H]1CC2(CCN(c3ccc(C(=O)N4CCN(C5CN(c6ccc7c(c6)n(C)c(=O)n7C6CCC(=O)NC6=O)C5)CC4)cc3)CC2)CN1c1ccc(C#N)c(Cl)c1. The lowest BCUT2D eigenvalue weighted by molar-refractivity contribution is -0.135. The summed E-state index contributed by atoms with van der Waals surface area (Å²) in [6.45, 7) is 10.0. The van der Waals surface area contributed by atoms with Gasteiger partial charge < -0.3 is 19.6 Å². The van der Waals surface area contributed by atoms with Crippen LogP contribution in [0, 0.1) is 16.7 Å². The Bertz CT molecular complexity index is 2340. The van der Waals surface area contributed by atoms with Crippen LogP contribution < -0.4 is 25.7 Å². The Morgan fingerprint density at radius 3 is 2.25 bits per heavy atom. The van der Waals surface area contributed by atoms with Crippen LogP contribution in [0.3, 0.4) is 0 Å². The number of rotatable bonds is 6. The van der Waals surface area contributed by atoms with Gasteiger partial charge in [0.2, 0.25) is 11.8 Å². The monoisotopic (exact) mass is 789 g/mol. The van der Waals surface area contributed by atoms with Gasteiger partial charge in [-0.2, -0.15) is 5.26 Å². The number of benzene rings is 3. The largest absolute Gasteiger partial charge is 0.371 e. The minimum Gasteiger partial charge on any atom is -0.371 e. The topological polar surface area (TPSA) is 130 Å². The van der Waals surface area contributed by atoms with Crippen molar-refractivity contribution in [1.29, 1.82) is 5.26 Å². The smallest absolute Gasteiger partial charge is 0.329 e. The van der Waals surface area contributed by atoms with Crippen molar-refractivity contribution in [2.24, 2.45) is 12.5 Å². The molecular formula is C43H48ClN9O4. The van der Waals surface area contributed by atoms with Crippen LogP contribution in [-0.2, 0) is 16.6 Å². The third kappa shape index (κ3) is 6.72. The van der Waals surface area contributed by atoms with Crippen LogP contribution in [0.2, 0.25) is 5.02 Å². The van der Waals surface area contributed by atoms with Crippen molar-refractivity contribution in [3.05, 3.63) is 87.3 Å². The molecule has 1 N–H and O–H groups in total. The second kappa shape index (κ2) is 14.6. The summed E-state index contributed by atoms with van der Waals surface area (Å²) in [7, 11) is 1.72. The van der Waals surface area contributed by atoms with Crippen LogP contribution >= 0.6 is 11.6 Å². The van der Waals surface area contributed by atoms with Crippen LogP contribution in [0.25, 0.3) is 11.0 Å².